The summed E-state index contributed by atoms with van der Waals surface area (Å²) >= 11 is 6.48. The van der Waals surface area contributed by atoms with Crippen LogP contribution in [0, 0.1) is 17.6 Å². The highest BCUT2D eigenvalue weighted by atomic mass is 127. The number of halogens is 3. The molecule has 0 heterocycles. The van der Waals surface area contributed by atoms with Gasteiger partial charge in [0.1, 0.15) is 5.75 Å². The molecule has 0 spiro atoms. The van der Waals surface area contributed by atoms with Gasteiger partial charge in [0.2, 0.25) is 0 Å². The molecule has 0 saturated heterocycles. The van der Waals surface area contributed by atoms with Crippen molar-refractivity contribution in [1.82, 2.24) is 0 Å². The average Bonchev–Trinajstić information content (AvgIpc) is 2.53. The highest BCUT2D eigenvalue weighted by Gasteiger charge is 2.22. The zero-order chi connectivity index (χ0) is 19.8. The van der Waals surface area contributed by atoms with Gasteiger partial charge in [0.25, 0.3) is 10.1 Å². The second-order valence-corrected chi connectivity index (χ2v) is 10.6. The fraction of sp³-hybridized carbons (Fsp3) is 0.235. The van der Waals surface area contributed by atoms with Gasteiger partial charge in [0, 0.05) is 10.7 Å². The molecule has 0 saturated carbocycles. The van der Waals surface area contributed by atoms with Gasteiger partial charge in [-0.3, -0.25) is 4.55 Å². The Hall–Kier alpha value is 0.0100. The van der Waals surface area contributed by atoms with Crippen molar-refractivity contribution < 1.29 is 22.5 Å². The lowest BCUT2D eigenvalue weighted by atomic mass is 10.0. The Morgan fingerprint density at radius 3 is 2.27 bits per heavy atom. The molecule has 0 radical (unpaired) electrons. The monoisotopic (exact) mass is 712 g/mol. The summed E-state index contributed by atoms with van der Waals surface area (Å²) in [6.07, 6.45) is 0. The minimum absolute atomic E-state index is 0.164. The van der Waals surface area contributed by atoms with Crippen molar-refractivity contribution in [3.8, 4) is 5.75 Å². The average molecular weight is 712 g/mol. The van der Waals surface area contributed by atoms with E-state index in [1.54, 1.807) is 26.8 Å². The molecule has 0 bridgehead atoms. The van der Waals surface area contributed by atoms with Crippen LogP contribution in [-0.4, -0.2) is 18.9 Å². The first-order valence-electron chi connectivity index (χ1n) is 7.41. The van der Waals surface area contributed by atoms with Crippen LogP contribution in [0.15, 0.2) is 29.2 Å². The predicted molar refractivity (Wildman–Crippen MR) is 125 cm³/mol. The van der Waals surface area contributed by atoms with Crippen LogP contribution in [0.1, 0.15) is 41.3 Å². The molecule has 0 aliphatic heterocycles. The van der Waals surface area contributed by atoms with Gasteiger partial charge >= 0.3 is 5.97 Å². The maximum atomic E-state index is 12.6. The summed E-state index contributed by atoms with van der Waals surface area (Å²) in [4.78, 5) is 12.4. The van der Waals surface area contributed by atoms with Crippen LogP contribution in [0.5, 0.6) is 5.75 Å². The van der Waals surface area contributed by atoms with Crippen LogP contribution in [-0.2, 0) is 10.1 Å². The number of hydrogen-bond donors (Lipinski definition) is 1. The zero-order valence-corrected chi connectivity index (χ0v) is 21.3. The molecule has 2 rings (SSSR count). The standard InChI is InChI=1S/C17H15I3O5S/c1-8(2)11-7-13(9(3)6-14(11)26(22,23)24)25-17(21)10-4-5-12(18)16(20)15(10)19/h4-8H,1-3H3,(H,22,23,24). The molecule has 2 aromatic carbocycles. The Morgan fingerprint density at radius 1 is 1.12 bits per heavy atom. The molecular weight excluding hydrogens is 697 g/mol. The molecule has 9 heteroatoms. The third-order valence-corrected chi connectivity index (χ3v) is 9.78. The van der Waals surface area contributed by atoms with Crippen LogP contribution in [0.3, 0.4) is 0 Å². The number of ether oxygens (including phenoxy) is 1. The first kappa shape index (κ1) is 22.3. The number of esters is 1. The molecule has 0 aliphatic rings. The predicted octanol–water partition coefficient (Wildman–Crippen LogP) is 5.40. The molecule has 26 heavy (non-hydrogen) atoms. The van der Waals surface area contributed by atoms with E-state index in [1.165, 1.54) is 12.1 Å². The van der Waals surface area contributed by atoms with Crippen molar-refractivity contribution in [3.63, 3.8) is 0 Å². The van der Waals surface area contributed by atoms with E-state index in [4.69, 9.17) is 4.74 Å². The number of carbonyl (C=O) groups excluding carboxylic acids is 1. The van der Waals surface area contributed by atoms with Crippen molar-refractivity contribution >= 4 is 83.9 Å². The van der Waals surface area contributed by atoms with E-state index in [2.05, 4.69) is 67.8 Å². The Bertz CT molecular complexity index is 984. The van der Waals surface area contributed by atoms with Crippen molar-refractivity contribution in [1.29, 1.82) is 0 Å². The lowest BCUT2D eigenvalue weighted by Crippen LogP contribution is -2.13. The lowest BCUT2D eigenvalue weighted by Gasteiger charge is -2.16. The number of hydrogen-bond acceptors (Lipinski definition) is 4. The topological polar surface area (TPSA) is 80.7 Å². The molecule has 1 N–H and O–H groups in total. The summed E-state index contributed by atoms with van der Waals surface area (Å²) in [6, 6.07) is 6.38. The Morgan fingerprint density at radius 2 is 1.73 bits per heavy atom. The van der Waals surface area contributed by atoms with E-state index < -0.39 is 16.1 Å². The van der Waals surface area contributed by atoms with Gasteiger partial charge in [-0.2, -0.15) is 8.42 Å². The molecule has 0 unspecified atom stereocenters. The van der Waals surface area contributed by atoms with Crippen LogP contribution in [0.4, 0.5) is 0 Å². The molecular formula is C17H15I3O5S. The summed E-state index contributed by atoms with van der Waals surface area (Å²) in [5, 5.41) is 0. The molecule has 0 amide bonds. The zero-order valence-electron chi connectivity index (χ0n) is 14.0. The number of benzene rings is 2. The van der Waals surface area contributed by atoms with E-state index in [1.807, 2.05) is 6.07 Å². The summed E-state index contributed by atoms with van der Waals surface area (Å²) in [5.74, 6) is -0.416. The second kappa shape index (κ2) is 8.57. The van der Waals surface area contributed by atoms with Crippen molar-refractivity contribution in [2.75, 3.05) is 0 Å². The van der Waals surface area contributed by atoms with E-state index in [0.29, 0.717) is 16.7 Å². The van der Waals surface area contributed by atoms with Gasteiger partial charge in [-0.25, -0.2) is 4.79 Å². The van der Waals surface area contributed by atoms with E-state index >= 15 is 0 Å². The smallest absolute Gasteiger partial charge is 0.344 e. The highest BCUT2D eigenvalue weighted by molar-refractivity contribution is 14.1. The number of carbonyl (C=O) groups is 1. The maximum Gasteiger partial charge on any atom is 0.344 e. The van der Waals surface area contributed by atoms with Gasteiger partial charge in [0.05, 0.1) is 10.5 Å². The molecule has 0 fully saturated rings. The van der Waals surface area contributed by atoms with Gasteiger partial charge in [0.15, 0.2) is 0 Å². The van der Waals surface area contributed by atoms with E-state index in [9.17, 15) is 17.8 Å². The summed E-state index contributed by atoms with van der Waals surface area (Å²) < 4.78 is 41.1. The van der Waals surface area contributed by atoms with Crippen molar-refractivity contribution in [2.24, 2.45) is 0 Å². The van der Waals surface area contributed by atoms with Crippen molar-refractivity contribution in [3.05, 3.63) is 51.7 Å². The summed E-state index contributed by atoms with van der Waals surface area (Å²) in [5.41, 5.74) is 1.29. The van der Waals surface area contributed by atoms with Crippen LogP contribution < -0.4 is 4.74 Å². The molecule has 2 aromatic rings. The Kier molecular flexibility index (Phi) is 7.35. The van der Waals surface area contributed by atoms with Gasteiger partial charge in [-0.1, -0.05) is 13.8 Å². The van der Waals surface area contributed by atoms with Crippen LogP contribution in [0.2, 0.25) is 0 Å². The molecule has 5 nitrogen and oxygen atoms in total. The third-order valence-electron chi connectivity index (χ3n) is 3.67. The van der Waals surface area contributed by atoms with Gasteiger partial charge in [-0.05, 0) is 116 Å². The normalized spacial score (nSPS) is 11.7. The molecule has 0 aromatic heterocycles. The largest absolute Gasteiger partial charge is 0.423 e. The quantitative estimate of drug-likeness (QED) is 0.151. The van der Waals surface area contributed by atoms with Crippen LogP contribution >= 0.6 is 67.8 Å². The highest BCUT2D eigenvalue weighted by Crippen LogP contribution is 2.32. The van der Waals surface area contributed by atoms with E-state index in [-0.39, 0.29) is 16.6 Å². The molecule has 0 aliphatic carbocycles. The number of rotatable bonds is 4. The minimum Gasteiger partial charge on any atom is -0.423 e. The second-order valence-electron chi connectivity index (χ2n) is 5.90. The lowest BCUT2D eigenvalue weighted by molar-refractivity contribution is 0.0732. The first-order chi connectivity index (χ1) is 11.9. The first-order valence-corrected chi connectivity index (χ1v) is 12.1. The fourth-order valence-corrected chi connectivity index (χ4v) is 5.34. The van der Waals surface area contributed by atoms with Crippen LogP contribution in [0.25, 0.3) is 0 Å². The summed E-state index contributed by atoms with van der Waals surface area (Å²) in [6.45, 7) is 5.23. The third kappa shape index (κ3) is 4.89. The number of aryl methyl sites for hydroxylation is 1. The Balaban J connectivity index is 2.49. The summed E-state index contributed by atoms with van der Waals surface area (Å²) in [7, 11) is -4.36. The molecule has 0 atom stereocenters. The fourth-order valence-electron chi connectivity index (χ4n) is 2.30. The van der Waals surface area contributed by atoms with E-state index in [0.717, 1.165) is 10.7 Å². The van der Waals surface area contributed by atoms with Gasteiger partial charge < -0.3 is 4.74 Å². The van der Waals surface area contributed by atoms with Crippen molar-refractivity contribution in [2.45, 2.75) is 31.6 Å². The van der Waals surface area contributed by atoms with Gasteiger partial charge in [-0.15, -0.1) is 0 Å². The minimum atomic E-state index is -4.36. The maximum absolute atomic E-state index is 12.6. The Labute approximate surface area is 193 Å². The SMILES string of the molecule is Cc1cc(S(=O)(=O)O)c(C(C)C)cc1OC(=O)c1ccc(I)c(I)c1I. The molecule has 140 valence electrons.